The summed E-state index contributed by atoms with van der Waals surface area (Å²) in [5.74, 6) is -1.19. The van der Waals surface area contributed by atoms with Gasteiger partial charge in [0.05, 0.1) is 11.8 Å². The molecule has 5 nitrogen and oxygen atoms in total. The molecule has 3 amide bonds. The summed E-state index contributed by atoms with van der Waals surface area (Å²) in [6.45, 7) is 0. The van der Waals surface area contributed by atoms with Crippen LogP contribution in [0.2, 0.25) is 0 Å². The minimum Gasteiger partial charge on any atom is -0.272 e. The monoisotopic (exact) mass is 386 g/mol. The van der Waals surface area contributed by atoms with Crippen molar-refractivity contribution in [1.82, 2.24) is 10.4 Å². The van der Waals surface area contributed by atoms with Gasteiger partial charge in [0, 0.05) is 10.0 Å². The molecule has 3 aliphatic carbocycles. The summed E-state index contributed by atoms with van der Waals surface area (Å²) in [7, 11) is 0. The van der Waals surface area contributed by atoms with E-state index >= 15 is 0 Å². The number of benzene rings is 1. The Morgan fingerprint density at radius 3 is 2.08 bits per heavy atom. The second kappa shape index (κ2) is 4.57. The number of imide groups is 1. The van der Waals surface area contributed by atoms with Gasteiger partial charge in [0.15, 0.2) is 0 Å². The Balaban J connectivity index is 1.39. The minimum absolute atomic E-state index is 0.165. The Labute approximate surface area is 147 Å². The van der Waals surface area contributed by atoms with Gasteiger partial charge in [-0.2, -0.15) is 5.01 Å². The molecule has 4 aliphatic rings. The second-order valence-corrected chi connectivity index (χ2v) is 8.10. The van der Waals surface area contributed by atoms with Gasteiger partial charge in [-0.1, -0.05) is 28.1 Å². The van der Waals surface area contributed by atoms with Crippen LogP contribution in [0.1, 0.15) is 23.2 Å². The van der Waals surface area contributed by atoms with Gasteiger partial charge < -0.3 is 0 Å². The maximum absolute atomic E-state index is 12.8. The minimum atomic E-state index is -0.439. The highest BCUT2D eigenvalue weighted by atomic mass is 79.9. The summed E-state index contributed by atoms with van der Waals surface area (Å²) in [6, 6.07) is 6.79. The van der Waals surface area contributed by atoms with Crippen LogP contribution in [0.15, 0.2) is 40.9 Å². The number of hydrogen-bond acceptors (Lipinski definition) is 3. The van der Waals surface area contributed by atoms with Crippen LogP contribution in [0.25, 0.3) is 0 Å². The number of hydrogen-bond donors (Lipinski definition) is 1. The van der Waals surface area contributed by atoms with Crippen LogP contribution >= 0.6 is 15.9 Å². The molecule has 1 heterocycles. The van der Waals surface area contributed by atoms with Crippen molar-refractivity contribution >= 4 is 33.7 Å². The van der Waals surface area contributed by atoms with Crippen molar-refractivity contribution in [1.29, 1.82) is 0 Å². The molecule has 5 rings (SSSR count). The van der Waals surface area contributed by atoms with E-state index in [0.717, 1.165) is 22.3 Å². The number of nitrogens with one attached hydrogen (secondary N) is 1. The SMILES string of the molecule is O=C(NN1C(=O)[C@@H]2[C@H](C1=O)[C@@H]1C=C[C@@H]2C12CC2)c1ccc(Br)cc1. The molecule has 6 heteroatoms. The lowest BCUT2D eigenvalue weighted by molar-refractivity contribution is -0.144. The highest BCUT2D eigenvalue weighted by Gasteiger charge is 2.73. The smallest absolute Gasteiger partial charge is 0.270 e. The molecule has 1 spiro atoms. The molecule has 1 aromatic rings. The van der Waals surface area contributed by atoms with Crippen molar-refractivity contribution in [2.75, 3.05) is 0 Å². The molecule has 2 saturated carbocycles. The largest absolute Gasteiger partial charge is 0.272 e. The molecule has 1 saturated heterocycles. The lowest BCUT2D eigenvalue weighted by Crippen LogP contribution is -2.47. The van der Waals surface area contributed by atoms with E-state index in [9.17, 15) is 14.4 Å². The number of carbonyl (C=O) groups is 3. The van der Waals surface area contributed by atoms with Gasteiger partial charge in [-0.3, -0.25) is 19.8 Å². The van der Waals surface area contributed by atoms with E-state index in [2.05, 4.69) is 33.5 Å². The van der Waals surface area contributed by atoms with Crippen molar-refractivity contribution in [3.63, 3.8) is 0 Å². The number of allylic oxidation sites excluding steroid dienone is 2. The summed E-state index contributed by atoms with van der Waals surface area (Å²) in [5, 5.41) is 0.960. The molecule has 24 heavy (non-hydrogen) atoms. The predicted molar refractivity (Wildman–Crippen MR) is 88.2 cm³/mol. The zero-order chi connectivity index (χ0) is 16.6. The number of rotatable bonds is 2. The van der Waals surface area contributed by atoms with Crippen LogP contribution in [-0.2, 0) is 9.59 Å². The van der Waals surface area contributed by atoms with Gasteiger partial charge in [0.2, 0.25) is 0 Å². The van der Waals surface area contributed by atoms with E-state index in [1.807, 2.05) is 0 Å². The van der Waals surface area contributed by atoms with Gasteiger partial charge >= 0.3 is 0 Å². The summed E-state index contributed by atoms with van der Waals surface area (Å²) in [4.78, 5) is 37.9. The molecule has 2 bridgehead atoms. The van der Waals surface area contributed by atoms with E-state index in [-0.39, 0.29) is 40.9 Å². The van der Waals surface area contributed by atoms with Crippen LogP contribution in [0.5, 0.6) is 0 Å². The molecule has 4 atom stereocenters. The molecule has 3 fully saturated rings. The molecule has 0 aromatic heterocycles. The standard InChI is InChI=1S/C18H15BrN2O3/c19-10-3-1-9(2-4-10)15(22)20-21-16(23)13-11-5-6-12(14(13)17(21)24)18(11)7-8-18/h1-6,11-14H,7-8H2,(H,20,22)/t11-,12-,13-,14+/m0/s1. The highest BCUT2D eigenvalue weighted by molar-refractivity contribution is 9.10. The summed E-state index contributed by atoms with van der Waals surface area (Å²) in [6.07, 6.45) is 6.44. The molecular formula is C18H15BrN2O3. The van der Waals surface area contributed by atoms with Crippen LogP contribution < -0.4 is 5.43 Å². The van der Waals surface area contributed by atoms with Crippen molar-refractivity contribution in [3.05, 3.63) is 46.5 Å². The number of amides is 3. The maximum atomic E-state index is 12.8. The van der Waals surface area contributed by atoms with Crippen molar-refractivity contribution in [3.8, 4) is 0 Å². The van der Waals surface area contributed by atoms with Gasteiger partial charge in [-0.05, 0) is 54.4 Å². The fraction of sp³-hybridized carbons (Fsp3) is 0.389. The Morgan fingerprint density at radius 1 is 1.04 bits per heavy atom. The number of hydrazine groups is 1. The first-order valence-corrected chi connectivity index (χ1v) is 8.95. The number of halogens is 1. The fourth-order valence-corrected chi connectivity index (χ4v) is 5.22. The molecule has 1 aromatic carbocycles. The maximum Gasteiger partial charge on any atom is 0.270 e. The summed E-state index contributed by atoms with van der Waals surface area (Å²) >= 11 is 3.31. The lowest BCUT2D eigenvalue weighted by Gasteiger charge is -2.22. The summed E-state index contributed by atoms with van der Waals surface area (Å²) in [5.41, 5.74) is 3.09. The first-order valence-electron chi connectivity index (χ1n) is 8.16. The normalized spacial score (nSPS) is 34.1. The molecule has 122 valence electrons. The topological polar surface area (TPSA) is 66.5 Å². The van der Waals surface area contributed by atoms with Crippen LogP contribution in [-0.4, -0.2) is 22.7 Å². The van der Waals surface area contributed by atoms with E-state index in [1.54, 1.807) is 24.3 Å². The Hall–Kier alpha value is -1.95. The van der Waals surface area contributed by atoms with E-state index < -0.39 is 5.91 Å². The zero-order valence-electron chi connectivity index (χ0n) is 12.7. The van der Waals surface area contributed by atoms with Gasteiger partial charge in [0.1, 0.15) is 0 Å². The molecule has 1 N–H and O–H groups in total. The van der Waals surface area contributed by atoms with Gasteiger partial charge in [0.25, 0.3) is 17.7 Å². The van der Waals surface area contributed by atoms with Crippen molar-refractivity contribution in [2.24, 2.45) is 29.1 Å². The van der Waals surface area contributed by atoms with Crippen LogP contribution in [0.4, 0.5) is 0 Å². The number of nitrogens with zero attached hydrogens (tertiary/aromatic N) is 1. The van der Waals surface area contributed by atoms with Crippen molar-refractivity contribution in [2.45, 2.75) is 12.8 Å². The van der Waals surface area contributed by atoms with E-state index in [0.29, 0.717) is 5.56 Å². The molecule has 1 aliphatic heterocycles. The zero-order valence-corrected chi connectivity index (χ0v) is 14.3. The average Bonchev–Trinajstić information content (AvgIpc) is 3.18. The fourth-order valence-electron chi connectivity index (χ4n) is 4.96. The van der Waals surface area contributed by atoms with E-state index in [4.69, 9.17) is 0 Å². The average molecular weight is 387 g/mol. The Morgan fingerprint density at radius 2 is 1.58 bits per heavy atom. The molecular weight excluding hydrogens is 372 g/mol. The second-order valence-electron chi connectivity index (χ2n) is 7.18. The third-order valence-electron chi connectivity index (χ3n) is 6.17. The predicted octanol–water partition coefficient (Wildman–Crippen LogP) is 2.29. The van der Waals surface area contributed by atoms with Crippen LogP contribution in [0.3, 0.4) is 0 Å². The molecule has 0 unspecified atom stereocenters. The Kier molecular flexibility index (Phi) is 2.74. The summed E-state index contributed by atoms with van der Waals surface area (Å²) < 4.78 is 0.860. The third-order valence-corrected chi connectivity index (χ3v) is 6.70. The first kappa shape index (κ1) is 14.4. The van der Waals surface area contributed by atoms with Crippen LogP contribution in [0, 0.1) is 29.1 Å². The quantitative estimate of drug-likeness (QED) is 0.626. The Bertz CT molecular complexity index is 778. The van der Waals surface area contributed by atoms with Gasteiger partial charge in [-0.25, -0.2) is 0 Å². The lowest BCUT2D eigenvalue weighted by atomic mass is 9.85. The van der Waals surface area contributed by atoms with E-state index in [1.165, 1.54) is 0 Å². The first-order chi connectivity index (χ1) is 11.5. The number of carbonyl (C=O) groups excluding carboxylic acids is 3. The van der Waals surface area contributed by atoms with Gasteiger partial charge in [-0.15, -0.1) is 0 Å². The third kappa shape index (κ3) is 1.67. The number of fused-ring (bicyclic) bond motifs is 3. The van der Waals surface area contributed by atoms with Crippen molar-refractivity contribution < 1.29 is 14.4 Å². The molecule has 0 radical (unpaired) electrons. The highest BCUT2D eigenvalue weighted by Crippen LogP contribution is 2.73.